The molecule has 0 amide bonds. The summed E-state index contributed by atoms with van der Waals surface area (Å²) in [6.45, 7) is 4.72. The smallest absolute Gasteiger partial charge is 0.0543 e. The minimum Gasteiger partial charge on any atom is -0.310 e. The number of hydrogen-bond acceptors (Lipinski definition) is 2. The van der Waals surface area contributed by atoms with Crippen LogP contribution in [0.15, 0.2) is 152 Å². The summed E-state index contributed by atoms with van der Waals surface area (Å²) in [6, 6.07) is 56.4. The predicted molar refractivity (Wildman–Crippen MR) is 204 cm³/mol. The quantitative estimate of drug-likeness (QED) is 0.178. The lowest BCUT2D eigenvalue weighted by molar-refractivity contribution is 0.660. The summed E-state index contributed by atoms with van der Waals surface area (Å²) < 4.78 is 2.71. The van der Waals surface area contributed by atoms with Crippen molar-refractivity contribution in [3.63, 3.8) is 0 Å². The van der Waals surface area contributed by atoms with Gasteiger partial charge in [0.1, 0.15) is 0 Å². The third-order valence-electron chi connectivity index (χ3n) is 10.4. The average molecular weight is 618 g/mol. The van der Waals surface area contributed by atoms with Gasteiger partial charge in [0.2, 0.25) is 0 Å². The third-order valence-corrected chi connectivity index (χ3v) is 11.6. The van der Waals surface area contributed by atoms with E-state index in [2.05, 4.69) is 170 Å². The molecule has 10 rings (SSSR count). The normalized spacial score (nSPS) is 13.5. The van der Waals surface area contributed by atoms with Gasteiger partial charge in [0.15, 0.2) is 0 Å². The van der Waals surface area contributed by atoms with Crippen LogP contribution in [0.5, 0.6) is 0 Å². The molecule has 1 aromatic heterocycles. The van der Waals surface area contributed by atoms with Gasteiger partial charge in [-0.25, -0.2) is 0 Å². The van der Waals surface area contributed by atoms with E-state index in [1.54, 1.807) is 0 Å². The molecule has 2 heteroatoms. The number of hydrogen-bond donors (Lipinski definition) is 0. The first-order chi connectivity index (χ1) is 23.1. The molecule has 0 radical (unpaired) electrons. The Hall–Kier alpha value is -5.44. The van der Waals surface area contributed by atoms with Crippen molar-refractivity contribution in [2.45, 2.75) is 19.3 Å². The first kappa shape index (κ1) is 26.7. The molecule has 0 bridgehead atoms. The van der Waals surface area contributed by atoms with Crippen LogP contribution in [-0.2, 0) is 5.41 Å². The molecule has 1 nitrogen and oxygen atoms in total. The highest BCUT2D eigenvalue weighted by Gasteiger charge is 2.37. The van der Waals surface area contributed by atoms with Crippen molar-refractivity contribution in [1.82, 2.24) is 0 Å². The summed E-state index contributed by atoms with van der Waals surface area (Å²) in [4.78, 5) is 2.48. The van der Waals surface area contributed by atoms with Crippen LogP contribution in [0.4, 0.5) is 17.1 Å². The molecule has 0 spiro atoms. The van der Waals surface area contributed by atoms with Crippen LogP contribution in [0.3, 0.4) is 0 Å². The molecular formula is C45H31NS. The Morgan fingerprint density at radius 3 is 2.06 bits per heavy atom. The third kappa shape index (κ3) is 3.83. The zero-order chi connectivity index (χ0) is 31.3. The zero-order valence-electron chi connectivity index (χ0n) is 26.3. The maximum Gasteiger partial charge on any atom is 0.0543 e. The molecule has 1 aliphatic rings. The van der Waals surface area contributed by atoms with Crippen LogP contribution < -0.4 is 4.90 Å². The van der Waals surface area contributed by atoms with Crippen molar-refractivity contribution >= 4 is 80.9 Å². The van der Waals surface area contributed by atoms with Gasteiger partial charge in [0, 0.05) is 47.9 Å². The molecule has 9 aromatic rings. The first-order valence-corrected chi connectivity index (χ1v) is 17.2. The molecule has 0 aliphatic heterocycles. The Labute approximate surface area is 278 Å². The number of rotatable bonds is 3. The Balaban J connectivity index is 1.25. The topological polar surface area (TPSA) is 3.24 Å². The van der Waals surface area contributed by atoms with Crippen LogP contribution in [-0.4, -0.2) is 0 Å². The first-order valence-electron chi connectivity index (χ1n) is 16.4. The van der Waals surface area contributed by atoms with Crippen LogP contribution in [0, 0.1) is 0 Å². The Morgan fingerprint density at radius 1 is 0.489 bits per heavy atom. The molecule has 0 N–H and O–H groups in total. The minimum absolute atomic E-state index is 0.0745. The van der Waals surface area contributed by atoms with Crippen LogP contribution >= 0.6 is 11.3 Å². The molecule has 1 heterocycles. The lowest BCUT2D eigenvalue weighted by Crippen LogP contribution is -2.16. The van der Waals surface area contributed by atoms with E-state index >= 15 is 0 Å². The van der Waals surface area contributed by atoms with Gasteiger partial charge in [-0.05, 0) is 80.0 Å². The van der Waals surface area contributed by atoms with E-state index in [-0.39, 0.29) is 5.41 Å². The van der Waals surface area contributed by atoms with Gasteiger partial charge in [-0.3, -0.25) is 0 Å². The maximum absolute atomic E-state index is 2.48. The summed E-state index contributed by atoms with van der Waals surface area (Å²) in [5, 5.41) is 10.4. The molecule has 47 heavy (non-hydrogen) atoms. The van der Waals surface area contributed by atoms with Crippen LogP contribution in [0.1, 0.15) is 25.0 Å². The molecule has 1 aliphatic carbocycles. The van der Waals surface area contributed by atoms with Gasteiger partial charge in [-0.2, -0.15) is 0 Å². The molecule has 0 atom stereocenters. The Kier molecular flexibility index (Phi) is 5.57. The summed E-state index contributed by atoms with van der Waals surface area (Å²) >= 11 is 1.91. The van der Waals surface area contributed by atoms with Crippen molar-refractivity contribution in [2.75, 3.05) is 4.90 Å². The highest BCUT2D eigenvalue weighted by molar-refractivity contribution is 7.26. The van der Waals surface area contributed by atoms with Crippen LogP contribution in [0.2, 0.25) is 0 Å². The van der Waals surface area contributed by atoms with Gasteiger partial charge in [-0.15, -0.1) is 11.3 Å². The fraction of sp³-hybridized carbons (Fsp3) is 0.0667. The van der Waals surface area contributed by atoms with Gasteiger partial charge >= 0.3 is 0 Å². The molecule has 0 saturated heterocycles. The van der Waals surface area contributed by atoms with E-state index in [1.165, 1.54) is 80.4 Å². The zero-order valence-corrected chi connectivity index (χ0v) is 27.1. The monoisotopic (exact) mass is 617 g/mol. The van der Waals surface area contributed by atoms with E-state index in [1.807, 2.05) is 11.3 Å². The highest BCUT2D eigenvalue weighted by Crippen LogP contribution is 2.54. The molecule has 222 valence electrons. The van der Waals surface area contributed by atoms with Crippen LogP contribution in [0.25, 0.3) is 63.6 Å². The molecule has 0 unspecified atom stereocenters. The number of nitrogens with zero attached hydrogens (tertiary/aromatic N) is 1. The second kappa shape index (κ2) is 9.78. The molecular weight excluding hydrogens is 587 g/mol. The summed E-state index contributed by atoms with van der Waals surface area (Å²) in [7, 11) is 0. The number of thiophene rings is 1. The van der Waals surface area contributed by atoms with Crippen molar-refractivity contribution in [1.29, 1.82) is 0 Å². The average Bonchev–Trinajstić information content (AvgIpc) is 3.61. The maximum atomic E-state index is 2.48. The van der Waals surface area contributed by atoms with Crippen molar-refractivity contribution in [2.24, 2.45) is 0 Å². The van der Waals surface area contributed by atoms with Gasteiger partial charge in [0.05, 0.1) is 5.69 Å². The number of fused-ring (bicyclic) bond motifs is 11. The summed E-state index contributed by atoms with van der Waals surface area (Å²) in [5.41, 5.74) is 8.87. The van der Waals surface area contributed by atoms with Gasteiger partial charge < -0.3 is 4.90 Å². The fourth-order valence-corrected chi connectivity index (χ4v) is 9.39. The summed E-state index contributed by atoms with van der Waals surface area (Å²) in [5.74, 6) is 0. The molecule has 8 aromatic carbocycles. The van der Waals surface area contributed by atoms with Gasteiger partial charge in [-0.1, -0.05) is 129 Å². The number of anilines is 3. The van der Waals surface area contributed by atoms with E-state index < -0.39 is 0 Å². The van der Waals surface area contributed by atoms with Gasteiger partial charge in [0.25, 0.3) is 0 Å². The molecule has 0 fully saturated rings. The molecule has 0 saturated carbocycles. The van der Waals surface area contributed by atoms with Crippen molar-refractivity contribution in [3.05, 3.63) is 163 Å². The Morgan fingerprint density at radius 2 is 1.15 bits per heavy atom. The van der Waals surface area contributed by atoms with E-state index in [4.69, 9.17) is 0 Å². The number of benzene rings is 8. The predicted octanol–water partition coefficient (Wildman–Crippen LogP) is 13.3. The highest BCUT2D eigenvalue weighted by atomic mass is 32.1. The minimum atomic E-state index is -0.0745. The lowest BCUT2D eigenvalue weighted by Gasteiger charge is -2.29. The van der Waals surface area contributed by atoms with Crippen molar-refractivity contribution in [3.8, 4) is 11.1 Å². The SMILES string of the molecule is CC1(C)c2ccccc2-c2c(N(c3ccc4ccccc4c3)c3ccc4c(ccc5ccc6c7ccccc7sc6c54)c3)cccc21. The van der Waals surface area contributed by atoms with E-state index in [0.29, 0.717) is 0 Å². The van der Waals surface area contributed by atoms with E-state index in [9.17, 15) is 0 Å². The summed E-state index contributed by atoms with van der Waals surface area (Å²) in [6.07, 6.45) is 0. The van der Waals surface area contributed by atoms with E-state index in [0.717, 1.165) is 11.4 Å². The van der Waals surface area contributed by atoms with Crippen molar-refractivity contribution < 1.29 is 0 Å². The fourth-order valence-electron chi connectivity index (χ4n) is 8.12. The second-order valence-corrected chi connectivity index (χ2v) is 14.4. The standard InChI is InChI=1S/C45H31NS/c1-45(2)38-14-7-5-13-37(38)43-39(45)15-9-16-40(43)46(32-22-20-28-10-3-4-11-30(28)26-32)33-23-25-34-31(27-33)19-18-29-21-24-36-35-12-6-8-17-41(35)47-44(36)42(29)34/h3-27H,1-2H3. The lowest BCUT2D eigenvalue weighted by atomic mass is 9.82. The Bertz CT molecular complexity index is 2730. The second-order valence-electron chi connectivity index (χ2n) is 13.3. The largest absolute Gasteiger partial charge is 0.310 e.